The molecule has 0 saturated heterocycles. The topological polar surface area (TPSA) is 74.7 Å². The van der Waals surface area contributed by atoms with Gasteiger partial charge in [-0.05, 0) is 35.7 Å². The number of nitrogens with zero attached hydrogens (tertiary/aromatic N) is 4. The van der Waals surface area contributed by atoms with Gasteiger partial charge >= 0.3 is 0 Å². The number of phenolic OH excluding ortho intramolecular Hbond substituents is 1. The molecule has 7 rings (SSSR count). The molecule has 1 N–H and O–H groups in total. The molecule has 2 heterocycles. The van der Waals surface area contributed by atoms with Crippen molar-refractivity contribution in [2.75, 3.05) is 0 Å². The van der Waals surface area contributed by atoms with Gasteiger partial charge in [-0.1, -0.05) is 77.9 Å². The van der Waals surface area contributed by atoms with E-state index in [-0.39, 0.29) is 26.8 Å². The van der Waals surface area contributed by atoms with Crippen LogP contribution in [0.1, 0.15) is 5.56 Å². The number of imidazole rings is 1. The minimum atomic E-state index is 0. The van der Waals surface area contributed by atoms with Crippen LogP contribution in [0.2, 0.25) is 0 Å². The number of para-hydroxylation sites is 2. The van der Waals surface area contributed by atoms with Crippen LogP contribution >= 0.6 is 0 Å². The second-order valence-electron chi connectivity index (χ2n) is 9.48. The summed E-state index contributed by atoms with van der Waals surface area (Å²) in [5, 5.41) is 22.4. The van der Waals surface area contributed by atoms with Gasteiger partial charge in [0.25, 0.3) is 0 Å². The molecule has 0 radical (unpaired) electrons. The van der Waals surface area contributed by atoms with Crippen LogP contribution in [0.5, 0.6) is 5.75 Å². The molecule has 0 amide bonds. The monoisotopic (exact) mass is 708 g/mol. The van der Waals surface area contributed by atoms with Gasteiger partial charge in [-0.2, -0.15) is 5.26 Å². The van der Waals surface area contributed by atoms with Crippen molar-refractivity contribution in [3.05, 3.63) is 133 Å². The number of pyridine rings is 1. The molecule has 198 valence electrons. The van der Waals surface area contributed by atoms with Crippen molar-refractivity contribution < 1.29 is 26.2 Å². The van der Waals surface area contributed by atoms with E-state index in [1.165, 1.54) is 0 Å². The molecule has 41 heavy (non-hydrogen) atoms. The van der Waals surface area contributed by atoms with Crippen molar-refractivity contribution in [1.29, 1.82) is 5.26 Å². The summed E-state index contributed by atoms with van der Waals surface area (Å²) in [5.74, 6) is 0.814. The summed E-state index contributed by atoms with van der Waals surface area (Å²) in [6.45, 7) is 0. The molecule has 0 unspecified atom stereocenters. The van der Waals surface area contributed by atoms with Crippen molar-refractivity contribution in [1.82, 2.24) is 14.5 Å². The van der Waals surface area contributed by atoms with E-state index >= 15 is 0 Å². The zero-order valence-electron chi connectivity index (χ0n) is 21.6. The predicted octanol–water partition coefficient (Wildman–Crippen LogP) is 7.95. The predicted molar refractivity (Wildman–Crippen MR) is 158 cm³/mol. The minimum Gasteiger partial charge on any atom is -0.507 e. The molecule has 0 bridgehead atoms. The molecule has 0 aliphatic carbocycles. The number of fused-ring (bicyclic) bond motifs is 2. The summed E-state index contributed by atoms with van der Waals surface area (Å²) < 4.78 is 2.12. The molecule has 0 saturated carbocycles. The van der Waals surface area contributed by atoms with Gasteiger partial charge in [0.15, 0.2) is 0 Å². The number of hydrogen-bond acceptors (Lipinski definition) is 4. The fourth-order valence-corrected chi connectivity index (χ4v) is 5.23. The molecular weight excluding hydrogens is 687 g/mol. The van der Waals surface area contributed by atoms with Gasteiger partial charge in [0, 0.05) is 43.9 Å². The number of aromatic nitrogens is 3. The summed E-state index contributed by atoms with van der Waals surface area (Å²) in [4.78, 5) is 9.62. The molecule has 0 atom stereocenters. The van der Waals surface area contributed by atoms with Crippen LogP contribution < -0.4 is 0 Å². The third kappa shape index (κ3) is 4.59. The SMILES string of the molecule is N#Cc1ccnc(-c2[c-]c(-c3cccc4c3nc(-c3ccccc3O)n4-c3cccc4ccccc34)ccc2)c1.[Pt]. The van der Waals surface area contributed by atoms with Gasteiger partial charge in [0.2, 0.25) is 0 Å². The first-order valence-electron chi connectivity index (χ1n) is 12.9. The summed E-state index contributed by atoms with van der Waals surface area (Å²) in [5.41, 5.74) is 7.12. The van der Waals surface area contributed by atoms with Crippen LogP contribution in [0.25, 0.3) is 61.3 Å². The molecule has 0 aliphatic heterocycles. The van der Waals surface area contributed by atoms with E-state index in [0.29, 0.717) is 22.6 Å². The third-order valence-electron chi connectivity index (χ3n) is 7.09. The smallest absolute Gasteiger partial charge is 0.148 e. The summed E-state index contributed by atoms with van der Waals surface area (Å²) in [6.07, 6.45) is 1.64. The molecule has 6 heteroatoms. The Balaban J connectivity index is 0.00000302. The molecule has 5 nitrogen and oxygen atoms in total. The maximum absolute atomic E-state index is 10.9. The minimum absolute atomic E-state index is 0. The van der Waals surface area contributed by atoms with Crippen molar-refractivity contribution >= 4 is 21.8 Å². The average molecular weight is 709 g/mol. The second kappa shape index (κ2) is 10.8. The second-order valence-corrected chi connectivity index (χ2v) is 9.48. The van der Waals surface area contributed by atoms with Crippen molar-refractivity contribution in [3.8, 4) is 51.3 Å². The first-order valence-corrected chi connectivity index (χ1v) is 12.9. The van der Waals surface area contributed by atoms with Gasteiger partial charge in [0.05, 0.1) is 28.4 Å². The molecule has 5 aromatic carbocycles. The third-order valence-corrected chi connectivity index (χ3v) is 7.09. The summed E-state index contributed by atoms with van der Waals surface area (Å²) in [7, 11) is 0. The standard InChI is InChI=1S/C35H21N4O.Pt/c36-22-23-18-19-37-30(20-23)26-11-5-10-25(21-26)28-14-7-16-32-34(28)38-35(29-13-3-4-17-33(29)40)39(32)31-15-6-9-24-8-1-2-12-27(24)31;/h1-20,40H;/q-1;. The van der Waals surface area contributed by atoms with E-state index in [4.69, 9.17) is 4.98 Å². The number of aromatic hydroxyl groups is 1. The van der Waals surface area contributed by atoms with E-state index in [1.54, 1.807) is 24.4 Å². The normalized spacial score (nSPS) is 10.8. The van der Waals surface area contributed by atoms with E-state index in [0.717, 1.165) is 44.2 Å². The fourth-order valence-electron chi connectivity index (χ4n) is 5.23. The molecule has 7 aromatic rings. The van der Waals surface area contributed by atoms with Gasteiger partial charge in [0.1, 0.15) is 11.6 Å². The maximum Gasteiger partial charge on any atom is 0.148 e. The van der Waals surface area contributed by atoms with Gasteiger partial charge < -0.3 is 5.11 Å². The Kier molecular flexibility index (Phi) is 6.93. The molecule has 0 aliphatic rings. The van der Waals surface area contributed by atoms with E-state index in [9.17, 15) is 10.4 Å². The number of benzene rings is 5. The van der Waals surface area contributed by atoms with Crippen LogP contribution in [0.4, 0.5) is 0 Å². The van der Waals surface area contributed by atoms with Crippen LogP contribution in [-0.2, 0) is 21.1 Å². The van der Waals surface area contributed by atoms with E-state index in [2.05, 4.69) is 52.0 Å². The van der Waals surface area contributed by atoms with E-state index in [1.807, 2.05) is 66.7 Å². The fraction of sp³-hybridized carbons (Fsp3) is 0. The molecule has 2 aromatic heterocycles. The molecule has 0 fully saturated rings. The number of phenols is 1. The van der Waals surface area contributed by atoms with Gasteiger partial charge in [-0.15, -0.1) is 29.8 Å². The summed E-state index contributed by atoms with van der Waals surface area (Å²) >= 11 is 0. The van der Waals surface area contributed by atoms with Crippen LogP contribution in [-0.4, -0.2) is 19.6 Å². The molecular formula is C35H21N4OPt-. The average Bonchev–Trinajstić information content (AvgIpc) is 3.40. The van der Waals surface area contributed by atoms with E-state index < -0.39 is 0 Å². The number of rotatable bonds is 4. The Morgan fingerprint density at radius 1 is 0.756 bits per heavy atom. The van der Waals surface area contributed by atoms with Gasteiger partial charge in [-0.3, -0.25) is 9.55 Å². The Morgan fingerprint density at radius 2 is 1.49 bits per heavy atom. The Morgan fingerprint density at radius 3 is 2.37 bits per heavy atom. The first-order chi connectivity index (χ1) is 19.7. The van der Waals surface area contributed by atoms with Crippen LogP contribution in [0.15, 0.2) is 121 Å². The van der Waals surface area contributed by atoms with Gasteiger partial charge in [-0.25, -0.2) is 4.98 Å². The Labute approximate surface area is 251 Å². The van der Waals surface area contributed by atoms with Crippen LogP contribution in [0, 0.1) is 17.4 Å². The maximum atomic E-state index is 10.9. The zero-order valence-corrected chi connectivity index (χ0v) is 23.9. The first kappa shape index (κ1) is 26.2. The Bertz CT molecular complexity index is 2100. The summed E-state index contributed by atoms with van der Waals surface area (Å²) in [6, 6.07) is 42.9. The quantitative estimate of drug-likeness (QED) is 0.189. The van der Waals surface area contributed by atoms with Crippen LogP contribution in [0.3, 0.4) is 0 Å². The van der Waals surface area contributed by atoms with Crippen molar-refractivity contribution in [3.63, 3.8) is 0 Å². The van der Waals surface area contributed by atoms with Crippen molar-refractivity contribution in [2.24, 2.45) is 0 Å². The molecule has 0 spiro atoms. The van der Waals surface area contributed by atoms with Crippen molar-refractivity contribution in [2.45, 2.75) is 0 Å². The Hall–Kier alpha value is -5.04. The zero-order chi connectivity index (χ0) is 27.1. The number of nitriles is 1. The largest absolute Gasteiger partial charge is 0.507 e. The number of hydrogen-bond donors (Lipinski definition) is 1.